The van der Waals surface area contributed by atoms with Crippen molar-refractivity contribution in [2.24, 2.45) is 5.10 Å². The maximum absolute atomic E-state index is 4.58. The second-order valence-electron chi connectivity index (χ2n) is 4.95. The average molecular weight is 346 g/mol. The minimum Gasteiger partial charge on any atom is -0.289 e. The van der Waals surface area contributed by atoms with Gasteiger partial charge in [0.2, 0.25) is 0 Å². The van der Waals surface area contributed by atoms with E-state index in [0.717, 1.165) is 36.2 Å². The number of H-pyrrole nitrogens is 1. The topological polar surface area (TPSA) is 33.0 Å². The average Bonchev–Trinajstić information content (AvgIpc) is 2.55. The van der Waals surface area contributed by atoms with Crippen LogP contribution < -0.4 is 9.88 Å². The van der Waals surface area contributed by atoms with Crippen molar-refractivity contribution in [2.75, 3.05) is 31.1 Å². The number of benzene rings is 1. The summed E-state index contributed by atoms with van der Waals surface area (Å²) in [6, 6.07) is 14.3. The molecule has 1 N–H and O–H groups in total. The molecule has 0 spiro atoms. The first kappa shape index (κ1) is 14.1. The van der Waals surface area contributed by atoms with Crippen molar-refractivity contribution in [1.29, 1.82) is 0 Å². The number of hydrogen-bond acceptors (Lipinski definition) is 3. The van der Waals surface area contributed by atoms with Crippen LogP contribution in [-0.4, -0.2) is 37.4 Å². The molecule has 0 unspecified atom stereocenters. The van der Waals surface area contributed by atoms with Crippen molar-refractivity contribution in [2.45, 2.75) is 0 Å². The van der Waals surface area contributed by atoms with E-state index in [1.165, 1.54) is 5.82 Å². The summed E-state index contributed by atoms with van der Waals surface area (Å²) in [6.45, 7) is 3.83. The molecule has 2 aromatic rings. The second kappa shape index (κ2) is 6.72. The van der Waals surface area contributed by atoms with E-state index in [1.54, 1.807) is 0 Å². The highest BCUT2D eigenvalue weighted by Crippen LogP contribution is 2.14. The first-order valence-corrected chi connectivity index (χ1v) is 7.87. The van der Waals surface area contributed by atoms with Crippen LogP contribution in [0, 0.1) is 0 Å². The number of pyridine rings is 1. The molecular formula is C16H18BrN4+. The summed E-state index contributed by atoms with van der Waals surface area (Å²) in [5.74, 6) is 1.17. The number of nitrogens with zero attached hydrogens (tertiary/aromatic N) is 3. The zero-order valence-electron chi connectivity index (χ0n) is 11.7. The monoisotopic (exact) mass is 345 g/mol. The van der Waals surface area contributed by atoms with Gasteiger partial charge in [0.15, 0.2) is 0 Å². The largest absolute Gasteiger partial charge is 0.289 e. The van der Waals surface area contributed by atoms with Crippen LogP contribution in [-0.2, 0) is 0 Å². The van der Waals surface area contributed by atoms with Gasteiger partial charge in [-0.25, -0.2) is 4.98 Å². The molecule has 0 atom stereocenters. The summed E-state index contributed by atoms with van der Waals surface area (Å²) in [4.78, 5) is 5.63. The standard InChI is InChI=1S/C16H17BrN4/c17-15-6-2-1-5-14(15)13-19-21-11-9-20(10-12-21)16-7-3-4-8-18-16/h1-8,13H,9-12H2/p+1/b19-13+. The molecule has 0 radical (unpaired) electrons. The fourth-order valence-corrected chi connectivity index (χ4v) is 2.74. The van der Waals surface area contributed by atoms with E-state index in [2.05, 4.69) is 54.1 Å². The van der Waals surface area contributed by atoms with Crippen molar-refractivity contribution in [3.8, 4) is 0 Å². The molecule has 0 saturated carbocycles. The Bertz CT molecular complexity index is 607. The minimum atomic E-state index is 0.934. The van der Waals surface area contributed by atoms with E-state index in [4.69, 9.17) is 0 Å². The van der Waals surface area contributed by atoms with Crippen LogP contribution >= 0.6 is 15.9 Å². The molecule has 0 aliphatic carbocycles. The third-order valence-electron chi connectivity index (χ3n) is 3.55. The molecule has 4 nitrogen and oxygen atoms in total. The van der Waals surface area contributed by atoms with E-state index in [0.29, 0.717) is 0 Å². The Balaban J connectivity index is 1.58. The summed E-state index contributed by atoms with van der Waals surface area (Å²) in [6.07, 6.45) is 3.89. The van der Waals surface area contributed by atoms with Crippen LogP contribution in [0.15, 0.2) is 58.2 Å². The molecule has 3 rings (SSSR count). The highest BCUT2D eigenvalue weighted by atomic mass is 79.9. The molecule has 21 heavy (non-hydrogen) atoms. The SMILES string of the molecule is Brc1ccccc1/C=N/N1CCN(c2cccc[nH+]2)CC1. The second-order valence-corrected chi connectivity index (χ2v) is 5.81. The number of piperazine rings is 1. The molecule has 1 fully saturated rings. The molecular weight excluding hydrogens is 328 g/mol. The zero-order valence-corrected chi connectivity index (χ0v) is 13.3. The number of aromatic nitrogens is 1. The Morgan fingerprint density at radius 2 is 1.76 bits per heavy atom. The molecule has 1 aromatic carbocycles. The highest BCUT2D eigenvalue weighted by molar-refractivity contribution is 9.10. The van der Waals surface area contributed by atoms with Gasteiger partial charge in [0, 0.05) is 16.1 Å². The van der Waals surface area contributed by atoms with Crippen LogP contribution in [0.1, 0.15) is 5.56 Å². The lowest BCUT2D eigenvalue weighted by Gasteiger charge is -2.28. The molecule has 1 aromatic heterocycles. The van der Waals surface area contributed by atoms with Gasteiger partial charge < -0.3 is 0 Å². The zero-order chi connectivity index (χ0) is 14.5. The molecule has 108 valence electrons. The van der Waals surface area contributed by atoms with Gasteiger partial charge in [-0.05, 0) is 12.1 Å². The lowest BCUT2D eigenvalue weighted by molar-refractivity contribution is -0.364. The Labute approximate surface area is 133 Å². The number of hydrazone groups is 1. The van der Waals surface area contributed by atoms with Gasteiger partial charge in [0.05, 0.1) is 25.5 Å². The summed E-state index contributed by atoms with van der Waals surface area (Å²) in [7, 11) is 0. The number of rotatable bonds is 3. The van der Waals surface area contributed by atoms with E-state index >= 15 is 0 Å². The van der Waals surface area contributed by atoms with Crippen LogP contribution in [0.2, 0.25) is 0 Å². The third kappa shape index (κ3) is 3.61. The van der Waals surface area contributed by atoms with Gasteiger partial charge in [-0.3, -0.25) is 9.91 Å². The maximum atomic E-state index is 4.58. The van der Waals surface area contributed by atoms with Crippen LogP contribution in [0.5, 0.6) is 0 Å². The molecule has 0 amide bonds. The Kier molecular flexibility index (Phi) is 4.50. The molecule has 1 saturated heterocycles. The Morgan fingerprint density at radius 1 is 1.00 bits per heavy atom. The van der Waals surface area contributed by atoms with Gasteiger partial charge >= 0.3 is 0 Å². The van der Waals surface area contributed by atoms with Gasteiger partial charge in [0.25, 0.3) is 5.82 Å². The predicted octanol–water partition coefficient (Wildman–Crippen LogP) is 2.42. The smallest absolute Gasteiger partial charge is 0.274 e. The predicted molar refractivity (Wildman–Crippen MR) is 88.5 cm³/mol. The van der Waals surface area contributed by atoms with Crippen LogP contribution in [0.25, 0.3) is 0 Å². The summed E-state index contributed by atoms with van der Waals surface area (Å²) < 4.78 is 1.08. The number of anilines is 1. The summed E-state index contributed by atoms with van der Waals surface area (Å²) >= 11 is 3.54. The van der Waals surface area contributed by atoms with E-state index in [1.807, 2.05) is 36.7 Å². The van der Waals surface area contributed by atoms with Gasteiger partial charge in [-0.2, -0.15) is 5.10 Å². The first-order chi connectivity index (χ1) is 10.3. The highest BCUT2D eigenvalue weighted by Gasteiger charge is 2.21. The molecule has 1 aliphatic rings. The van der Waals surface area contributed by atoms with E-state index in [9.17, 15) is 0 Å². The lowest BCUT2D eigenvalue weighted by atomic mass is 10.2. The lowest BCUT2D eigenvalue weighted by Crippen LogP contribution is -2.45. The van der Waals surface area contributed by atoms with Crippen molar-refractivity contribution < 1.29 is 4.98 Å². The number of hydrogen-bond donors (Lipinski definition) is 0. The Hall–Kier alpha value is -1.88. The Morgan fingerprint density at radius 3 is 2.48 bits per heavy atom. The molecule has 1 aliphatic heterocycles. The van der Waals surface area contributed by atoms with Crippen LogP contribution in [0.4, 0.5) is 5.82 Å². The first-order valence-electron chi connectivity index (χ1n) is 7.08. The quantitative estimate of drug-likeness (QED) is 0.800. The van der Waals surface area contributed by atoms with Crippen LogP contribution in [0.3, 0.4) is 0 Å². The number of halogens is 1. The van der Waals surface area contributed by atoms with Gasteiger partial charge in [-0.1, -0.05) is 40.2 Å². The van der Waals surface area contributed by atoms with Gasteiger partial charge in [-0.15, -0.1) is 0 Å². The van der Waals surface area contributed by atoms with Crippen molar-refractivity contribution in [3.63, 3.8) is 0 Å². The minimum absolute atomic E-state index is 0.934. The fraction of sp³-hybridized carbons (Fsp3) is 0.250. The van der Waals surface area contributed by atoms with Gasteiger partial charge in [0.1, 0.15) is 13.1 Å². The summed E-state index contributed by atoms with van der Waals surface area (Å²) in [5, 5.41) is 6.71. The third-order valence-corrected chi connectivity index (χ3v) is 4.28. The van der Waals surface area contributed by atoms with E-state index in [-0.39, 0.29) is 0 Å². The van der Waals surface area contributed by atoms with E-state index < -0.39 is 0 Å². The van der Waals surface area contributed by atoms with Crippen molar-refractivity contribution in [1.82, 2.24) is 5.01 Å². The molecule has 5 heteroatoms. The summed E-state index contributed by atoms with van der Waals surface area (Å²) in [5.41, 5.74) is 1.11. The van der Waals surface area contributed by atoms with Crippen molar-refractivity contribution >= 4 is 28.0 Å². The maximum Gasteiger partial charge on any atom is 0.274 e. The fourth-order valence-electron chi connectivity index (χ4n) is 2.36. The number of nitrogens with one attached hydrogen (secondary N) is 1. The molecule has 0 bridgehead atoms. The van der Waals surface area contributed by atoms with Crippen molar-refractivity contribution in [3.05, 3.63) is 58.7 Å². The number of aromatic amines is 1. The normalized spacial score (nSPS) is 15.7. The molecule has 2 heterocycles.